The fraction of sp³-hybridized carbons (Fsp3) is 0.381. The van der Waals surface area contributed by atoms with E-state index in [1.807, 2.05) is 0 Å². The molecule has 6 heteroatoms. The first-order valence-electron chi connectivity index (χ1n) is 8.85. The first-order chi connectivity index (χ1) is 12.8. The van der Waals surface area contributed by atoms with Gasteiger partial charge in [-0.25, -0.2) is 13.2 Å². The van der Waals surface area contributed by atoms with Crippen LogP contribution in [0.5, 0.6) is 11.5 Å². The average Bonchev–Trinajstić information content (AvgIpc) is 3.36. The molecule has 2 aromatic rings. The number of ketones is 1. The van der Waals surface area contributed by atoms with Crippen molar-refractivity contribution in [1.82, 2.24) is 0 Å². The van der Waals surface area contributed by atoms with Gasteiger partial charge in [-0.1, -0.05) is 0 Å². The summed E-state index contributed by atoms with van der Waals surface area (Å²) < 4.78 is 53.5. The molecule has 0 amide bonds. The summed E-state index contributed by atoms with van der Waals surface area (Å²) in [5, 5.41) is 0. The van der Waals surface area contributed by atoms with Crippen LogP contribution in [0.4, 0.5) is 13.2 Å². The molecule has 0 saturated heterocycles. The third kappa shape index (κ3) is 4.43. The summed E-state index contributed by atoms with van der Waals surface area (Å²) in [5.74, 6) is -2.26. The second-order valence-corrected chi connectivity index (χ2v) is 7.10. The molecule has 3 rings (SSSR count). The van der Waals surface area contributed by atoms with Crippen LogP contribution in [0.2, 0.25) is 0 Å². The largest absolute Gasteiger partial charge is 0.493 e. The highest BCUT2D eigenvalue weighted by molar-refractivity contribution is 5.81. The summed E-state index contributed by atoms with van der Waals surface area (Å²) >= 11 is 0. The summed E-state index contributed by atoms with van der Waals surface area (Å²) in [6.07, 6.45) is 0.549. The molecule has 1 aliphatic carbocycles. The Balaban J connectivity index is 1.79. The summed E-state index contributed by atoms with van der Waals surface area (Å²) in [5.41, 5.74) is -0.297. The number of rotatable bonds is 7. The van der Waals surface area contributed by atoms with Crippen molar-refractivity contribution in [2.45, 2.75) is 33.3 Å². The van der Waals surface area contributed by atoms with E-state index in [1.54, 1.807) is 20.8 Å². The first-order valence-corrected chi connectivity index (χ1v) is 8.85. The van der Waals surface area contributed by atoms with Gasteiger partial charge < -0.3 is 9.47 Å². The molecule has 27 heavy (non-hydrogen) atoms. The van der Waals surface area contributed by atoms with Crippen LogP contribution < -0.4 is 9.47 Å². The van der Waals surface area contributed by atoms with E-state index in [9.17, 15) is 18.0 Å². The summed E-state index contributed by atoms with van der Waals surface area (Å²) in [6, 6.07) is 6.19. The zero-order valence-electron chi connectivity index (χ0n) is 15.4. The quantitative estimate of drug-likeness (QED) is 0.667. The molecule has 1 saturated carbocycles. The van der Waals surface area contributed by atoms with Crippen molar-refractivity contribution in [3.8, 4) is 22.6 Å². The minimum Gasteiger partial charge on any atom is -0.493 e. The van der Waals surface area contributed by atoms with Gasteiger partial charge in [0.05, 0.1) is 12.7 Å². The Morgan fingerprint density at radius 1 is 1.07 bits per heavy atom. The van der Waals surface area contributed by atoms with Crippen LogP contribution in [0.3, 0.4) is 0 Å². The highest BCUT2D eigenvalue weighted by Gasteiger charge is 2.41. The van der Waals surface area contributed by atoms with Crippen LogP contribution in [0.25, 0.3) is 11.1 Å². The number of ether oxygens (including phenoxy) is 2. The standard InChI is InChI=1S/C21H21F3O3/c1-11(2)27-15-7-18(21(24)20(23)9-15)16-5-4-14(8-19(16)22)26-10-13-6-17(13)12(3)25/h4-5,7-9,11,13,17H,6,10H2,1-3H3. The second kappa shape index (κ2) is 7.62. The number of Topliss-reactive ketones (excluding diaryl/α,β-unsaturated/α-hetero) is 1. The van der Waals surface area contributed by atoms with Gasteiger partial charge >= 0.3 is 0 Å². The molecule has 144 valence electrons. The highest BCUT2D eigenvalue weighted by atomic mass is 19.2. The Morgan fingerprint density at radius 3 is 2.37 bits per heavy atom. The fourth-order valence-corrected chi connectivity index (χ4v) is 3.04. The number of hydrogen-bond donors (Lipinski definition) is 0. The third-order valence-electron chi connectivity index (χ3n) is 4.51. The smallest absolute Gasteiger partial charge is 0.167 e. The normalized spacial score (nSPS) is 18.5. The Kier molecular flexibility index (Phi) is 5.44. The van der Waals surface area contributed by atoms with Crippen LogP contribution in [-0.2, 0) is 4.79 Å². The van der Waals surface area contributed by atoms with Crippen molar-refractivity contribution in [2.24, 2.45) is 11.8 Å². The second-order valence-electron chi connectivity index (χ2n) is 7.10. The molecule has 2 unspecified atom stereocenters. The molecule has 0 bridgehead atoms. The molecule has 1 aliphatic rings. The van der Waals surface area contributed by atoms with Crippen molar-refractivity contribution in [2.75, 3.05) is 6.61 Å². The molecule has 0 heterocycles. The van der Waals surface area contributed by atoms with Gasteiger partial charge in [-0.15, -0.1) is 0 Å². The van der Waals surface area contributed by atoms with Gasteiger partial charge in [0, 0.05) is 35.1 Å². The zero-order chi connectivity index (χ0) is 19.7. The van der Waals surface area contributed by atoms with E-state index < -0.39 is 17.5 Å². The van der Waals surface area contributed by atoms with Crippen molar-refractivity contribution >= 4 is 5.78 Å². The van der Waals surface area contributed by atoms with E-state index in [2.05, 4.69) is 0 Å². The Morgan fingerprint density at radius 2 is 1.78 bits per heavy atom. The first kappa shape index (κ1) is 19.3. The van der Waals surface area contributed by atoms with E-state index in [0.717, 1.165) is 18.6 Å². The number of carbonyl (C=O) groups is 1. The monoisotopic (exact) mass is 378 g/mol. The minimum absolute atomic E-state index is 0.0230. The lowest BCUT2D eigenvalue weighted by molar-refractivity contribution is -0.118. The van der Waals surface area contributed by atoms with Crippen LogP contribution in [0.1, 0.15) is 27.2 Å². The third-order valence-corrected chi connectivity index (χ3v) is 4.51. The van der Waals surface area contributed by atoms with Gasteiger partial charge in [-0.05, 0) is 45.4 Å². The molecule has 2 aromatic carbocycles. The zero-order valence-corrected chi connectivity index (χ0v) is 15.4. The molecule has 2 atom stereocenters. The molecule has 0 N–H and O–H groups in total. The lowest BCUT2D eigenvalue weighted by Gasteiger charge is -2.13. The number of carbonyl (C=O) groups excluding carboxylic acids is 1. The fourth-order valence-electron chi connectivity index (χ4n) is 3.04. The van der Waals surface area contributed by atoms with Crippen LogP contribution in [0.15, 0.2) is 30.3 Å². The number of benzene rings is 2. The number of hydrogen-bond acceptors (Lipinski definition) is 3. The van der Waals surface area contributed by atoms with E-state index >= 15 is 0 Å². The number of halogens is 3. The molecule has 0 spiro atoms. The topological polar surface area (TPSA) is 35.5 Å². The van der Waals surface area contributed by atoms with Gasteiger partial charge in [0.25, 0.3) is 0 Å². The van der Waals surface area contributed by atoms with Crippen molar-refractivity contribution in [1.29, 1.82) is 0 Å². The molecule has 0 aromatic heterocycles. The van der Waals surface area contributed by atoms with E-state index in [0.29, 0.717) is 6.61 Å². The summed E-state index contributed by atoms with van der Waals surface area (Å²) in [7, 11) is 0. The predicted molar refractivity (Wildman–Crippen MR) is 95.3 cm³/mol. The summed E-state index contributed by atoms with van der Waals surface area (Å²) in [4.78, 5) is 11.2. The van der Waals surface area contributed by atoms with Gasteiger partial charge in [0.15, 0.2) is 11.6 Å². The SMILES string of the molecule is CC(=O)C1CC1COc1ccc(-c2cc(OC(C)C)cc(F)c2F)c(F)c1. The van der Waals surface area contributed by atoms with E-state index in [1.165, 1.54) is 18.2 Å². The molecular formula is C21H21F3O3. The maximum atomic E-state index is 14.5. The Labute approximate surface area is 156 Å². The molecule has 1 fully saturated rings. The van der Waals surface area contributed by atoms with Gasteiger partial charge in [-0.3, -0.25) is 4.79 Å². The lowest BCUT2D eigenvalue weighted by Crippen LogP contribution is -2.07. The predicted octanol–water partition coefficient (Wildman–Crippen LogP) is 5.16. The Hall–Kier alpha value is -2.50. The van der Waals surface area contributed by atoms with Crippen LogP contribution in [0, 0.1) is 29.3 Å². The maximum absolute atomic E-state index is 14.5. The van der Waals surface area contributed by atoms with Crippen molar-refractivity contribution in [3.05, 3.63) is 47.8 Å². The molecule has 3 nitrogen and oxygen atoms in total. The average molecular weight is 378 g/mol. The molecule has 0 aliphatic heterocycles. The van der Waals surface area contributed by atoms with Crippen LogP contribution >= 0.6 is 0 Å². The van der Waals surface area contributed by atoms with E-state index in [-0.39, 0.29) is 46.3 Å². The van der Waals surface area contributed by atoms with Gasteiger partial charge in [0.2, 0.25) is 0 Å². The molecule has 0 radical (unpaired) electrons. The minimum atomic E-state index is -1.14. The summed E-state index contributed by atoms with van der Waals surface area (Å²) in [6.45, 7) is 5.38. The van der Waals surface area contributed by atoms with Crippen LogP contribution in [-0.4, -0.2) is 18.5 Å². The lowest BCUT2D eigenvalue weighted by atomic mass is 10.0. The van der Waals surface area contributed by atoms with Crippen molar-refractivity contribution < 1.29 is 27.4 Å². The van der Waals surface area contributed by atoms with E-state index in [4.69, 9.17) is 9.47 Å². The van der Waals surface area contributed by atoms with Gasteiger partial charge in [0.1, 0.15) is 23.1 Å². The molecular weight excluding hydrogens is 357 g/mol. The Bertz CT molecular complexity index is 864. The van der Waals surface area contributed by atoms with Crippen molar-refractivity contribution in [3.63, 3.8) is 0 Å². The highest BCUT2D eigenvalue weighted by Crippen LogP contribution is 2.39. The van der Waals surface area contributed by atoms with Gasteiger partial charge in [-0.2, -0.15) is 0 Å². The maximum Gasteiger partial charge on any atom is 0.167 e.